The molecule has 0 aliphatic carbocycles. The number of aromatic carboxylic acids is 1. The van der Waals surface area contributed by atoms with Crippen LogP contribution < -0.4 is 4.72 Å². The Kier molecular flexibility index (Phi) is 5.15. The minimum atomic E-state index is -3.84. The van der Waals surface area contributed by atoms with Gasteiger partial charge in [-0.3, -0.25) is 4.72 Å². The van der Waals surface area contributed by atoms with Crippen LogP contribution in [0.2, 0.25) is 10.0 Å². The number of benzene rings is 3. The van der Waals surface area contributed by atoms with Crippen LogP contribution in [0.25, 0.3) is 22.4 Å². The van der Waals surface area contributed by atoms with E-state index in [2.05, 4.69) is 14.7 Å². The average Bonchev–Trinajstić information content (AvgIpc) is 3.13. The van der Waals surface area contributed by atoms with E-state index in [1.165, 1.54) is 30.3 Å². The molecule has 0 saturated carbocycles. The lowest BCUT2D eigenvalue weighted by Gasteiger charge is -2.09. The minimum absolute atomic E-state index is 0.00695. The van der Waals surface area contributed by atoms with Gasteiger partial charge in [0, 0.05) is 11.3 Å². The van der Waals surface area contributed by atoms with Crippen LogP contribution in [0.15, 0.2) is 65.6 Å². The van der Waals surface area contributed by atoms with Crippen molar-refractivity contribution in [2.24, 2.45) is 0 Å². The highest BCUT2D eigenvalue weighted by molar-refractivity contribution is 7.92. The second kappa shape index (κ2) is 7.64. The molecule has 10 heteroatoms. The van der Waals surface area contributed by atoms with Gasteiger partial charge in [0.2, 0.25) is 0 Å². The summed E-state index contributed by atoms with van der Waals surface area (Å²) in [4.78, 5) is 18.6. The second-order valence-electron chi connectivity index (χ2n) is 6.38. The fraction of sp³-hybridized carbons (Fsp3) is 0. The number of aromatic amines is 1. The van der Waals surface area contributed by atoms with Gasteiger partial charge in [0.25, 0.3) is 10.0 Å². The number of anilines is 1. The zero-order chi connectivity index (χ0) is 21.5. The number of halogens is 2. The molecule has 1 heterocycles. The van der Waals surface area contributed by atoms with Crippen molar-refractivity contribution in [3.05, 3.63) is 76.3 Å². The van der Waals surface area contributed by atoms with Crippen LogP contribution in [-0.2, 0) is 10.0 Å². The molecule has 152 valence electrons. The summed E-state index contributed by atoms with van der Waals surface area (Å²) < 4.78 is 27.6. The van der Waals surface area contributed by atoms with E-state index in [1.54, 1.807) is 30.3 Å². The molecule has 0 unspecified atom stereocenters. The van der Waals surface area contributed by atoms with Gasteiger partial charge < -0.3 is 10.1 Å². The first kappa shape index (κ1) is 20.2. The van der Waals surface area contributed by atoms with E-state index in [0.717, 1.165) is 0 Å². The lowest BCUT2D eigenvalue weighted by Crippen LogP contribution is -2.12. The molecule has 7 nitrogen and oxygen atoms in total. The Balaban J connectivity index is 1.59. The highest BCUT2D eigenvalue weighted by Crippen LogP contribution is 2.27. The van der Waals surface area contributed by atoms with Crippen molar-refractivity contribution in [3.8, 4) is 11.4 Å². The van der Waals surface area contributed by atoms with Crippen molar-refractivity contribution in [3.63, 3.8) is 0 Å². The number of carbonyl (C=O) groups is 1. The maximum absolute atomic E-state index is 12.5. The summed E-state index contributed by atoms with van der Waals surface area (Å²) in [6, 6.07) is 15.3. The van der Waals surface area contributed by atoms with E-state index in [9.17, 15) is 13.2 Å². The zero-order valence-corrected chi connectivity index (χ0v) is 17.4. The number of carboxylic acid groups (broad SMARTS) is 1. The Hall–Kier alpha value is -3.07. The van der Waals surface area contributed by atoms with Gasteiger partial charge in [-0.2, -0.15) is 0 Å². The predicted octanol–water partition coefficient (Wildman–Crippen LogP) is 5.04. The lowest BCUT2D eigenvalue weighted by atomic mass is 10.2. The fourth-order valence-electron chi connectivity index (χ4n) is 2.83. The molecule has 0 saturated heterocycles. The van der Waals surface area contributed by atoms with Gasteiger partial charge in [-0.25, -0.2) is 18.2 Å². The van der Waals surface area contributed by atoms with Crippen molar-refractivity contribution in [1.29, 1.82) is 0 Å². The number of imidazole rings is 1. The summed E-state index contributed by atoms with van der Waals surface area (Å²) in [5.41, 5.74) is 2.43. The number of H-pyrrole nitrogens is 1. The number of carboxylic acids is 1. The monoisotopic (exact) mass is 461 g/mol. The van der Waals surface area contributed by atoms with Crippen LogP contribution in [0, 0.1) is 0 Å². The van der Waals surface area contributed by atoms with Gasteiger partial charge in [0.05, 0.1) is 31.5 Å². The Morgan fingerprint density at radius 3 is 2.37 bits per heavy atom. The number of hydrogen-bond acceptors (Lipinski definition) is 4. The van der Waals surface area contributed by atoms with E-state index in [4.69, 9.17) is 28.3 Å². The van der Waals surface area contributed by atoms with Crippen molar-refractivity contribution in [2.75, 3.05) is 4.72 Å². The Bertz CT molecular complexity index is 1380. The van der Waals surface area contributed by atoms with Crippen molar-refractivity contribution < 1.29 is 18.3 Å². The summed E-state index contributed by atoms with van der Waals surface area (Å²) in [5.74, 6) is -0.494. The number of rotatable bonds is 5. The van der Waals surface area contributed by atoms with Gasteiger partial charge in [-0.1, -0.05) is 23.2 Å². The topological polar surface area (TPSA) is 112 Å². The second-order valence-corrected chi connectivity index (χ2v) is 8.88. The molecule has 0 aliphatic rings. The molecule has 0 spiro atoms. The zero-order valence-electron chi connectivity index (χ0n) is 15.1. The van der Waals surface area contributed by atoms with E-state index in [0.29, 0.717) is 28.1 Å². The van der Waals surface area contributed by atoms with Gasteiger partial charge in [-0.15, -0.1) is 0 Å². The highest BCUT2D eigenvalue weighted by Gasteiger charge is 2.16. The summed E-state index contributed by atoms with van der Waals surface area (Å²) in [7, 11) is -3.84. The first-order valence-corrected chi connectivity index (χ1v) is 10.8. The highest BCUT2D eigenvalue weighted by atomic mass is 35.5. The molecule has 0 aliphatic heterocycles. The summed E-state index contributed by atoms with van der Waals surface area (Å²) in [5, 5.41) is 9.50. The molecule has 4 rings (SSSR count). The average molecular weight is 462 g/mol. The summed E-state index contributed by atoms with van der Waals surface area (Å²) in [6.45, 7) is 0. The number of aromatic nitrogens is 2. The lowest BCUT2D eigenvalue weighted by molar-refractivity contribution is 0.0697. The molecule has 0 amide bonds. The maximum Gasteiger partial charge on any atom is 0.335 e. The number of nitrogens with zero attached hydrogens (tertiary/aromatic N) is 1. The maximum atomic E-state index is 12.5. The third-order valence-corrected chi connectivity index (χ3v) is 6.46. The van der Waals surface area contributed by atoms with E-state index >= 15 is 0 Å². The molecular formula is C20H13Cl2N3O4S. The van der Waals surface area contributed by atoms with Crippen molar-refractivity contribution >= 4 is 55.9 Å². The molecule has 3 aromatic carbocycles. The van der Waals surface area contributed by atoms with Crippen LogP contribution >= 0.6 is 23.2 Å². The van der Waals surface area contributed by atoms with Gasteiger partial charge in [0.1, 0.15) is 5.82 Å². The van der Waals surface area contributed by atoms with Crippen molar-refractivity contribution in [1.82, 2.24) is 9.97 Å². The molecule has 0 fully saturated rings. The van der Waals surface area contributed by atoms with Crippen LogP contribution in [0.1, 0.15) is 10.4 Å². The largest absolute Gasteiger partial charge is 0.478 e. The standard InChI is InChI=1S/C20H13Cl2N3O4S/c21-15-7-6-14(10-16(15)22)30(28,29)25-13-4-1-11(2-5-13)19-23-17-8-3-12(20(26)27)9-18(17)24-19/h1-10,25H,(H,23,24)(H,26,27). The van der Waals surface area contributed by atoms with E-state index in [-0.39, 0.29) is 20.5 Å². The molecule has 1 aromatic heterocycles. The molecular weight excluding hydrogens is 449 g/mol. The van der Waals surface area contributed by atoms with Crippen LogP contribution in [0.3, 0.4) is 0 Å². The number of fused-ring (bicyclic) bond motifs is 1. The first-order chi connectivity index (χ1) is 14.2. The van der Waals surface area contributed by atoms with Gasteiger partial charge in [-0.05, 0) is 60.7 Å². The van der Waals surface area contributed by atoms with E-state index < -0.39 is 16.0 Å². The predicted molar refractivity (Wildman–Crippen MR) is 116 cm³/mol. The molecule has 30 heavy (non-hydrogen) atoms. The summed E-state index contributed by atoms with van der Waals surface area (Å²) in [6.07, 6.45) is 0. The number of hydrogen-bond donors (Lipinski definition) is 3. The Labute approximate surface area is 181 Å². The first-order valence-electron chi connectivity index (χ1n) is 8.54. The normalized spacial score (nSPS) is 11.5. The van der Waals surface area contributed by atoms with Crippen LogP contribution in [-0.4, -0.2) is 29.5 Å². The molecule has 3 N–H and O–H groups in total. The number of sulfonamides is 1. The van der Waals surface area contributed by atoms with Crippen LogP contribution in [0.5, 0.6) is 0 Å². The fourth-order valence-corrected chi connectivity index (χ4v) is 4.28. The minimum Gasteiger partial charge on any atom is -0.478 e. The van der Waals surface area contributed by atoms with Crippen LogP contribution in [0.4, 0.5) is 5.69 Å². The summed E-state index contributed by atoms with van der Waals surface area (Å²) >= 11 is 11.7. The smallest absolute Gasteiger partial charge is 0.335 e. The third kappa shape index (κ3) is 3.97. The molecule has 0 bridgehead atoms. The molecule has 4 aromatic rings. The SMILES string of the molecule is O=C(O)c1ccc2[nH]c(-c3ccc(NS(=O)(=O)c4ccc(Cl)c(Cl)c4)cc3)nc2c1. The van der Waals surface area contributed by atoms with E-state index in [1.807, 2.05) is 0 Å². The third-order valence-electron chi connectivity index (χ3n) is 4.34. The Morgan fingerprint density at radius 1 is 0.967 bits per heavy atom. The number of nitrogens with one attached hydrogen (secondary N) is 2. The Morgan fingerprint density at radius 2 is 1.70 bits per heavy atom. The quantitative estimate of drug-likeness (QED) is 0.385. The van der Waals surface area contributed by atoms with Gasteiger partial charge in [0.15, 0.2) is 0 Å². The molecule has 0 radical (unpaired) electrons. The van der Waals surface area contributed by atoms with Gasteiger partial charge >= 0.3 is 5.97 Å². The molecule has 0 atom stereocenters. The van der Waals surface area contributed by atoms with Crippen molar-refractivity contribution in [2.45, 2.75) is 4.90 Å².